The molecule has 5 atom stereocenters. The first kappa shape index (κ1) is 24.4. The highest BCUT2D eigenvalue weighted by molar-refractivity contribution is 5.91. The minimum atomic E-state index is -1.82. The van der Waals surface area contributed by atoms with Gasteiger partial charge < -0.3 is 59.5 Å². The number of phenolic OH excluding ortho intramolecular Hbond substituents is 3. The third-order valence-electron chi connectivity index (χ3n) is 5.59. The van der Waals surface area contributed by atoms with E-state index in [9.17, 15) is 45.6 Å². The maximum absolute atomic E-state index is 12.9. The lowest BCUT2D eigenvalue weighted by atomic mass is 9.99. The van der Waals surface area contributed by atoms with Gasteiger partial charge in [0.1, 0.15) is 35.4 Å². The lowest BCUT2D eigenvalue weighted by molar-refractivity contribution is -0.277. The molecule has 1 aliphatic heterocycles. The van der Waals surface area contributed by atoms with Crippen molar-refractivity contribution in [2.75, 3.05) is 13.7 Å². The van der Waals surface area contributed by atoms with E-state index < -0.39 is 76.9 Å². The van der Waals surface area contributed by atoms with Crippen molar-refractivity contribution in [1.82, 2.24) is 0 Å². The van der Waals surface area contributed by atoms with Crippen molar-refractivity contribution in [3.63, 3.8) is 0 Å². The van der Waals surface area contributed by atoms with Gasteiger partial charge in [-0.3, -0.25) is 4.79 Å². The van der Waals surface area contributed by atoms with Crippen molar-refractivity contribution in [1.29, 1.82) is 0 Å². The summed E-state index contributed by atoms with van der Waals surface area (Å²) in [7, 11) is 1.19. The third kappa shape index (κ3) is 4.05. The van der Waals surface area contributed by atoms with E-state index in [2.05, 4.69) is 0 Å². The van der Waals surface area contributed by atoms with Gasteiger partial charge in [0.15, 0.2) is 28.8 Å². The molecule has 2 heterocycles. The largest absolute Gasteiger partial charge is 0.504 e. The molecule has 188 valence electrons. The molecule has 0 spiro atoms. The first-order valence-electron chi connectivity index (χ1n) is 10.2. The molecule has 0 radical (unpaired) electrons. The molecule has 0 bridgehead atoms. The van der Waals surface area contributed by atoms with E-state index in [1.807, 2.05) is 0 Å². The summed E-state index contributed by atoms with van der Waals surface area (Å²) in [6.07, 6.45) is -8.24. The van der Waals surface area contributed by atoms with Crippen molar-refractivity contribution in [2.45, 2.75) is 30.7 Å². The van der Waals surface area contributed by atoms with E-state index in [0.29, 0.717) is 0 Å². The Labute approximate surface area is 195 Å². The average molecular weight is 494 g/mol. The highest BCUT2D eigenvalue weighted by Crippen LogP contribution is 2.45. The molecule has 0 unspecified atom stereocenters. The van der Waals surface area contributed by atoms with Crippen molar-refractivity contribution in [3.8, 4) is 45.8 Å². The fourth-order valence-corrected chi connectivity index (χ4v) is 3.69. The van der Waals surface area contributed by atoms with Gasteiger partial charge in [0.25, 0.3) is 0 Å². The van der Waals surface area contributed by atoms with E-state index in [1.54, 1.807) is 0 Å². The van der Waals surface area contributed by atoms with Crippen LogP contribution in [0.1, 0.15) is 0 Å². The number of rotatable bonds is 5. The van der Waals surface area contributed by atoms with Crippen LogP contribution in [0.2, 0.25) is 0 Å². The Hall–Kier alpha value is -3.75. The molecule has 1 fully saturated rings. The van der Waals surface area contributed by atoms with Crippen molar-refractivity contribution < 1.29 is 59.5 Å². The summed E-state index contributed by atoms with van der Waals surface area (Å²) in [4.78, 5) is 12.9. The molecule has 8 N–H and O–H groups in total. The fourth-order valence-electron chi connectivity index (χ4n) is 3.69. The Morgan fingerprint density at radius 1 is 0.943 bits per heavy atom. The summed E-state index contributed by atoms with van der Waals surface area (Å²) < 4.78 is 21.5. The van der Waals surface area contributed by atoms with Gasteiger partial charge in [-0.05, 0) is 18.2 Å². The summed E-state index contributed by atoms with van der Waals surface area (Å²) in [6, 6.07) is 4.57. The zero-order valence-electron chi connectivity index (χ0n) is 18.0. The lowest BCUT2D eigenvalue weighted by Gasteiger charge is -2.39. The minimum absolute atomic E-state index is 0.0388. The van der Waals surface area contributed by atoms with Crippen LogP contribution in [0, 0.1) is 0 Å². The third-order valence-corrected chi connectivity index (χ3v) is 5.59. The predicted molar refractivity (Wildman–Crippen MR) is 116 cm³/mol. The number of benzene rings is 2. The lowest BCUT2D eigenvalue weighted by Crippen LogP contribution is -2.60. The maximum Gasteiger partial charge on any atom is 0.238 e. The number of aliphatic hydroxyl groups is 4. The molecule has 2 aromatic carbocycles. The highest BCUT2D eigenvalue weighted by Gasteiger charge is 2.45. The van der Waals surface area contributed by atoms with Crippen LogP contribution in [0.3, 0.4) is 0 Å². The van der Waals surface area contributed by atoms with Crippen LogP contribution in [0.15, 0.2) is 33.5 Å². The minimum Gasteiger partial charge on any atom is -0.504 e. The SMILES string of the molecule is COc1cc2oc(-c3ccc(O)c(O)c3)c(O)c(=O)c2c(O)c1O[C@H]1O[C@H](CO)[C@@H](O)[C@H](O)[C@H]1O. The number of hydrogen-bond acceptors (Lipinski definition) is 13. The molecule has 1 saturated heterocycles. The van der Waals surface area contributed by atoms with Gasteiger partial charge in [0, 0.05) is 11.6 Å². The van der Waals surface area contributed by atoms with Crippen LogP contribution in [0.5, 0.6) is 34.5 Å². The molecule has 1 aliphatic rings. The zero-order valence-corrected chi connectivity index (χ0v) is 18.0. The van der Waals surface area contributed by atoms with Gasteiger partial charge in [-0.2, -0.15) is 0 Å². The molecule has 35 heavy (non-hydrogen) atoms. The topological polar surface area (TPSA) is 220 Å². The molecule has 3 aromatic rings. The van der Waals surface area contributed by atoms with Gasteiger partial charge in [-0.25, -0.2) is 0 Å². The summed E-state index contributed by atoms with van der Waals surface area (Å²) in [5, 5.41) is 79.5. The maximum atomic E-state index is 12.9. The Morgan fingerprint density at radius 3 is 2.29 bits per heavy atom. The number of hydrogen-bond donors (Lipinski definition) is 8. The van der Waals surface area contributed by atoms with Gasteiger partial charge >= 0.3 is 0 Å². The van der Waals surface area contributed by atoms with Gasteiger partial charge in [-0.15, -0.1) is 0 Å². The van der Waals surface area contributed by atoms with Crippen molar-refractivity contribution in [3.05, 3.63) is 34.5 Å². The highest BCUT2D eigenvalue weighted by atomic mass is 16.7. The Kier molecular flexibility index (Phi) is 6.36. The second-order valence-corrected chi connectivity index (χ2v) is 7.76. The molecular formula is C22H22O13. The van der Waals surface area contributed by atoms with Crippen LogP contribution in [-0.4, -0.2) is 85.3 Å². The molecule has 13 heteroatoms. The van der Waals surface area contributed by atoms with E-state index >= 15 is 0 Å². The summed E-state index contributed by atoms with van der Waals surface area (Å²) in [6.45, 7) is -0.724. The summed E-state index contributed by atoms with van der Waals surface area (Å²) in [5.74, 6) is -3.87. The second-order valence-electron chi connectivity index (χ2n) is 7.76. The first-order valence-corrected chi connectivity index (χ1v) is 10.2. The van der Waals surface area contributed by atoms with Gasteiger partial charge in [0.2, 0.25) is 23.2 Å². The number of phenols is 3. The standard InChI is InChI=1S/C22H22O13/c1-32-11-5-10-13(15(27)18(30)20(33-10)7-2-3-8(24)9(25)4-7)16(28)21(11)35-22-19(31)17(29)14(26)12(6-23)34-22/h2-5,12,14,17,19,22-26,28-31H,6H2,1H3/t12-,14-,17+,19-,22-/m1/s1. The van der Waals surface area contributed by atoms with E-state index in [4.69, 9.17) is 18.6 Å². The molecular weight excluding hydrogens is 472 g/mol. The first-order chi connectivity index (χ1) is 16.6. The van der Waals surface area contributed by atoms with Crippen LogP contribution in [-0.2, 0) is 4.74 Å². The Balaban J connectivity index is 1.83. The Bertz CT molecular complexity index is 1320. The molecule has 1 aromatic heterocycles. The van der Waals surface area contributed by atoms with Crippen LogP contribution in [0.4, 0.5) is 0 Å². The smallest absolute Gasteiger partial charge is 0.238 e. The summed E-state index contributed by atoms with van der Waals surface area (Å²) in [5.41, 5.74) is -1.31. The predicted octanol–water partition coefficient (Wildman–Crippen LogP) is -0.530. The number of ether oxygens (including phenoxy) is 3. The van der Waals surface area contributed by atoms with Crippen LogP contribution in [0.25, 0.3) is 22.3 Å². The molecule has 13 nitrogen and oxygen atoms in total. The fraction of sp³-hybridized carbons (Fsp3) is 0.318. The number of aliphatic hydroxyl groups excluding tert-OH is 4. The Morgan fingerprint density at radius 2 is 1.66 bits per heavy atom. The van der Waals surface area contributed by atoms with Crippen molar-refractivity contribution >= 4 is 11.0 Å². The van der Waals surface area contributed by atoms with E-state index in [0.717, 1.165) is 18.2 Å². The number of methoxy groups -OCH3 is 1. The number of aromatic hydroxyl groups is 4. The van der Waals surface area contributed by atoms with E-state index in [1.165, 1.54) is 13.2 Å². The normalized spacial score (nSPS) is 24.4. The van der Waals surface area contributed by atoms with Crippen LogP contribution < -0.4 is 14.9 Å². The number of fused-ring (bicyclic) bond motifs is 1. The van der Waals surface area contributed by atoms with Gasteiger partial charge in [-0.1, -0.05) is 0 Å². The second kappa shape index (κ2) is 9.13. The molecule has 0 amide bonds. The van der Waals surface area contributed by atoms with Gasteiger partial charge in [0.05, 0.1) is 13.7 Å². The van der Waals surface area contributed by atoms with Crippen molar-refractivity contribution in [2.24, 2.45) is 0 Å². The average Bonchev–Trinajstić information content (AvgIpc) is 2.84. The summed E-state index contributed by atoms with van der Waals surface area (Å²) >= 11 is 0. The molecule has 4 rings (SSSR count). The molecule has 0 saturated carbocycles. The molecule has 0 aliphatic carbocycles. The van der Waals surface area contributed by atoms with E-state index in [-0.39, 0.29) is 22.7 Å². The quantitative estimate of drug-likeness (QED) is 0.209. The van der Waals surface area contributed by atoms with Crippen LogP contribution >= 0.6 is 0 Å². The monoisotopic (exact) mass is 494 g/mol. The zero-order chi connectivity index (χ0) is 25.6.